The van der Waals surface area contributed by atoms with Crippen LogP contribution in [-0.2, 0) is 10.0 Å². The molecule has 0 amide bonds. The monoisotopic (exact) mass is 299 g/mol. The summed E-state index contributed by atoms with van der Waals surface area (Å²) in [5.41, 5.74) is 0. The fraction of sp³-hybridized carbons (Fsp3) is 0.667. The number of nitrogens with zero attached hydrogens (tertiary/aromatic N) is 3. The Morgan fingerprint density at radius 3 is 2.50 bits per heavy atom. The highest BCUT2D eigenvalue weighted by Gasteiger charge is 2.29. The summed E-state index contributed by atoms with van der Waals surface area (Å²) in [4.78, 5) is 10.1. The standard InChI is InChI=1S/C12H21N5O2S/c1-9(17(3)10-4-5-10)6-16-20(18,19)11-7-14-12(13-2)15-8-11/h7-10,16H,4-6H2,1-3H3,(H,13,14,15). The molecule has 0 aliphatic heterocycles. The summed E-state index contributed by atoms with van der Waals surface area (Å²) in [7, 11) is 0.158. The van der Waals surface area contributed by atoms with Gasteiger partial charge < -0.3 is 5.32 Å². The number of aromatic nitrogens is 2. The highest BCUT2D eigenvalue weighted by atomic mass is 32.2. The molecule has 1 unspecified atom stereocenters. The Bertz CT molecular complexity index is 541. The topological polar surface area (TPSA) is 87.2 Å². The minimum atomic E-state index is -3.55. The van der Waals surface area contributed by atoms with Gasteiger partial charge in [-0.3, -0.25) is 4.90 Å². The quantitative estimate of drug-likeness (QED) is 0.752. The van der Waals surface area contributed by atoms with Gasteiger partial charge in [-0.15, -0.1) is 0 Å². The molecule has 2 N–H and O–H groups in total. The van der Waals surface area contributed by atoms with Crippen LogP contribution in [-0.4, -0.2) is 56.0 Å². The summed E-state index contributed by atoms with van der Waals surface area (Å²) in [6, 6.07) is 0.766. The van der Waals surface area contributed by atoms with Crippen molar-refractivity contribution in [1.29, 1.82) is 0 Å². The number of anilines is 1. The number of sulfonamides is 1. The molecule has 1 aliphatic rings. The van der Waals surface area contributed by atoms with Gasteiger partial charge in [0.25, 0.3) is 0 Å². The molecule has 2 rings (SSSR count). The fourth-order valence-corrected chi connectivity index (χ4v) is 2.89. The van der Waals surface area contributed by atoms with Crippen molar-refractivity contribution in [1.82, 2.24) is 19.6 Å². The maximum Gasteiger partial charge on any atom is 0.243 e. The summed E-state index contributed by atoms with van der Waals surface area (Å²) < 4.78 is 26.8. The van der Waals surface area contributed by atoms with E-state index in [0.29, 0.717) is 18.5 Å². The van der Waals surface area contributed by atoms with E-state index in [4.69, 9.17) is 0 Å². The Balaban J connectivity index is 1.95. The molecule has 0 saturated heterocycles. The maximum absolute atomic E-state index is 12.1. The Morgan fingerprint density at radius 1 is 1.40 bits per heavy atom. The second-order valence-corrected chi connectivity index (χ2v) is 6.86. The molecule has 1 aromatic rings. The molecule has 7 nitrogen and oxygen atoms in total. The van der Waals surface area contributed by atoms with Gasteiger partial charge in [0.2, 0.25) is 16.0 Å². The zero-order valence-electron chi connectivity index (χ0n) is 12.0. The van der Waals surface area contributed by atoms with Gasteiger partial charge in [-0.25, -0.2) is 23.1 Å². The summed E-state index contributed by atoms with van der Waals surface area (Å²) in [6.07, 6.45) is 5.01. The zero-order chi connectivity index (χ0) is 14.8. The molecular formula is C12H21N5O2S. The van der Waals surface area contributed by atoms with Crippen molar-refractivity contribution in [2.45, 2.75) is 36.7 Å². The number of hydrogen-bond donors (Lipinski definition) is 2. The Hall–Kier alpha value is -1.25. The van der Waals surface area contributed by atoms with E-state index in [-0.39, 0.29) is 10.9 Å². The van der Waals surface area contributed by atoms with E-state index >= 15 is 0 Å². The van der Waals surface area contributed by atoms with Crippen molar-refractivity contribution < 1.29 is 8.42 Å². The highest BCUT2D eigenvalue weighted by Crippen LogP contribution is 2.26. The van der Waals surface area contributed by atoms with Crippen LogP contribution in [0.1, 0.15) is 19.8 Å². The largest absolute Gasteiger partial charge is 0.357 e. The van der Waals surface area contributed by atoms with Crippen molar-refractivity contribution >= 4 is 16.0 Å². The summed E-state index contributed by atoms with van der Waals surface area (Å²) in [5, 5.41) is 2.75. The van der Waals surface area contributed by atoms with Crippen LogP contribution < -0.4 is 10.0 Å². The molecule has 1 aromatic heterocycles. The molecule has 1 aliphatic carbocycles. The van der Waals surface area contributed by atoms with Crippen molar-refractivity contribution in [3.8, 4) is 0 Å². The van der Waals surface area contributed by atoms with E-state index in [9.17, 15) is 8.42 Å². The normalized spacial score (nSPS) is 17.2. The van der Waals surface area contributed by atoms with Gasteiger partial charge in [0.05, 0.1) is 12.4 Å². The zero-order valence-corrected chi connectivity index (χ0v) is 12.8. The molecule has 0 aromatic carbocycles. The van der Waals surface area contributed by atoms with Crippen molar-refractivity contribution in [2.75, 3.05) is 26.0 Å². The van der Waals surface area contributed by atoms with E-state index in [0.717, 1.165) is 0 Å². The summed E-state index contributed by atoms with van der Waals surface area (Å²) >= 11 is 0. The third-order valence-corrected chi connectivity index (χ3v) is 4.93. The van der Waals surface area contributed by atoms with E-state index in [1.807, 2.05) is 14.0 Å². The maximum atomic E-state index is 12.1. The van der Waals surface area contributed by atoms with Crippen LogP contribution in [0.15, 0.2) is 17.3 Å². The first-order valence-electron chi connectivity index (χ1n) is 6.65. The number of rotatable bonds is 7. The Kier molecular flexibility index (Phi) is 4.56. The van der Waals surface area contributed by atoms with Crippen LogP contribution in [0.4, 0.5) is 5.95 Å². The fourth-order valence-electron chi connectivity index (χ4n) is 1.88. The van der Waals surface area contributed by atoms with Crippen LogP contribution in [0.5, 0.6) is 0 Å². The molecule has 1 fully saturated rings. The molecule has 1 atom stereocenters. The van der Waals surface area contributed by atoms with Crippen molar-refractivity contribution in [3.05, 3.63) is 12.4 Å². The van der Waals surface area contributed by atoms with Gasteiger partial charge in [-0.2, -0.15) is 0 Å². The average Bonchev–Trinajstić information content (AvgIpc) is 3.28. The van der Waals surface area contributed by atoms with Gasteiger partial charge in [-0.05, 0) is 26.8 Å². The van der Waals surface area contributed by atoms with Crippen molar-refractivity contribution in [2.24, 2.45) is 0 Å². The van der Waals surface area contributed by atoms with Gasteiger partial charge in [0, 0.05) is 25.7 Å². The predicted octanol–water partition coefficient (Wildman–Crippen LogP) is 0.279. The minimum Gasteiger partial charge on any atom is -0.357 e. The molecule has 0 radical (unpaired) electrons. The van der Waals surface area contributed by atoms with Gasteiger partial charge in [0.1, 0.15) is 4.90 Å². The second-order valence-electron chi connectivity index (χ2n) is 5.09. The number of likely N-dealkylation sites (N-methyl/N-ethyl adjacent to an activating group) is 1. The molecule has 8 heteroatoms. The lowest BCUT2D eigenvalue weighted by Gasteiger charge is -2.24. The average molecular weight is 299 g/mol. The van der Waals surface area contributed by atoms with Crippen LogP contribution in [0.2, 0.25) is 0 Å². The lowest BCUT2D eigenvalue weighted by Crippen LogP contribution is -2.41. The second kappa shape index (κ2) is 6.02. The third kappa shape index (κ3) is 3.65. The first kappa shape index (κ1) is 15.1. The Labute approximate surface area is 119 Å². The first-order valence-corrected chi connectivity index (χ1v) is 8.13. The Morgan fingerprint density at radius 2 is 2.00 bits per heavy atom. The number of hydrogen-bond acceptors (Lipinski definition) is 6. The molecule has 1 heterocycles. The van der Waals surface area contributed by atoms with Gasteiger partial charge in [-0.1, -0.05) is 0 Å². The highest BCUT2D eigenvalue weighted by molar-refractivity contribution is 7.89. The molecular weight excluding hydrogens is 278 g/mol. The molecule has 1 saturated carbocycles. The van der Waals surface area contributed by atoms with Crippen LogP contribution >= 0.6 is 0 Å². The molecule has 0 bridgehead atoms. The molecule has 0 spiro atoms. The van der Waals surface area contributed by atoms with E-state index < -0.39 is 10.0 Å². The molecule has 112 valence electrons. The van der Waals surface area contributed by atoms with Crippen LogP contribution in [0.25, 0.3) is 0 Å². The third-order valence-electron chi connectivity index (χ3n) is 3.55. The first-order chi connectivity index (χ1) is 9.44. The smallest absolute Gasteiger partial charge is 0.243 e. The van der Waals surface area contributed by atoms with Crippen LogP contribution in [0.3, 0.4) is 0 Å². The summed E-state index contributed by atoms with van der Waals surface area (Å²) in [5.74, 6) is 0.394. The van der Waals surface area contributed by atoms with Gasteiger partial charge in [0.15, 0.2) is 0 Å². The van der Waals surface area contributed by atoms with Crippen LogP contribution in [0, 0.1) is 0 Å². The lowest BCUT2D eigenvalue weighted by molar-refractivity contribution is 0.248. The van der Waals surface area contributed by atoms with E-state index in [1.54, 1.807) is 7.05 Å². The van der Waals surface area contributed by atoms with Crippen molar-refractivity contribution in [3.63, 3.8) is 0 Å². The van der Waals surface area contributed by atoms with E-state index in [1.165, 1.54) is 25.2 Å². The van der Waals surface area contributed by atoms with Gasteiger partial charge >= 0.3 is 0 Å². The molecule has 20 heavy (non-hydrogen) atoms. The number of nitrogens with one attached hydrogen (secondary N) is 2. The predicted molar refractivity (Wildman–Crippen MR) is 77.0 cm³/mol. The lowest BCUT2D eigenvalue weighted by atomic mass is 10.3. The summed E-state index contributed by atoms with van der Waals surface area (Å²) in [6.45, 7) is 2.39. The SMILES string of the molecule is CNc1ncc(S(=O)(=O)NCC(C)N(C)C2CC2)cn1. The minimum absolute atomic E-state index is 0.0813. The van der Waals surface area contributed by atoms with E-state index in [2.05, 4.69) is 24.9 Å².